The van der Waals surface area contributed by atoms with Gasteiger partial charge in [0, 0.05) is 13.0 Å². The molecule has 5 unspecified atom stereocenters. The Morgan fingerprint density at radius 1 is 0.912 bits per heavy atom. The number of nitrogens with zero attached hydrogens (tertiary/aromatic N) is 1. The zero-order valence-electron chi connectivity index (χ0n) is 18.6. The number of guanidine groups is 1. The minimum absolute atomic E-state index is 0.125. The summed E-state index contributed by atoms with van der Waals surface area (Å²) in [5.41, 5.74) is 16.1. The fraction of sp³-hybridized carbons (Fsp3) is 0.667. The highest BCUT2D eigenvalue weighted by molar-refractivity contribution is 5.94. The Morgan fingerprint density at radius 3 is 1.94 bits per heavy atom. The third-order valence-corrected chi connectivity index (χ3v) is 4.45. The number of carboxylic acids is 2. The van der Waals surface area contributed by atoms with E-state index in [9.17, 15) is 34.2 Å². The van der Waals surface area contributed by atoms with Gasteiger partial charge in [0.25, 0.3) is 0 Å². The molecule has 0 aliphatic carbocycles. The van der Waals surface area contributed by atoms with E-state index in [1.54, 1.807) is 0 Å². The highest BCUT2D eigenvalue weighted by atomic mass is 16.4. The molecule has 16 heteroatoms. The van der Waals surface area contributed by atoms with Crippen LogP contribution in [0.2, 0.25) is 0 Å². The summed E-state index contributed by atoms with van der Waals surface area (Å²) >= 11 is 0. The second-order valence-corrected chi connectivity index (χ2v) is 7.36. The first kappa shape index (κ1) is 30.5. The van der Waals surface area contributed by atoms with Crippen molar-refractivity contribution in [2.75, 3.05) is 13.2 Å². The Morgan fingerprint density at radius 2 is 1.47 bits per heavy atom. The number of nitrogens with one attached hydrogen (secondary N) is 3. The molecule has 0 fully saturated rings. The summed E-state index contributed by atoms with van der Waals surface area (Å²) < 4.78 is 0. The summed E-state index contributed by atoms with van der Waals surface area (Å²) in [6.45, 7) is 0.455. The van der Waals surface area contributed by atoms with Crippen LogP contribution in [0.15, 0.2) is 4.99 Å². The molecule has 34 heavy (non-hydrogen) atoms. The molecule has 13 N–H and O–H groups in total. The van der Waals surface area contributed by atoms with Gasteiger partial charge in [-0.2, -0.15) is 0 Å². The van der Waals surface area contributed by atoms with Gasteiger partial charge in [0.15, 0.2) is 12.0 Å². The number of aliphatic imine (C=N–C) groups is 1. The molecule has 194 valence electrons. The van der Waals surface area contributed by atoms with Crippen molar-refractivity contribution in [1.29, 1.82) is 0 Å². The molecule has 16 nitrogen and oxygen atoms in total. The molecule has 0 heterocycles. The highest BCUT2D eigenvalue weighted by Crippen LogP contribution is 2.03. The summed E-state index contributed by atoms with van der Waals surface area (Å²) in [7, 11) is 0. The van der Waals surface area contributed by atoms with E-state index < -0.39 is 79.4 Å². The van der Waals surface area contributed by atoms with Crippen LogP contribution in [0.25, 0.3) is 0 Å². The van der Waals surface area contributed by atoms with Crippen molar-refractivity contribution in [1.82, 2.24) is 16.0 Å². The summed E-state index contributed by atoms with van der Waals surface area (Å²) in [5, 5.41) is 43.3. The smallest absolute Gasteiger partial charge is 0.328 e. The van der Waals surface area contributed by atoms with Gasteiger partial charge in [-0.3, -0.25) is 24.2 Å². The number of carboxylic acid groups (broad SMARTS) is 2. The average molecular weight is 492 g/mol. The van der Waals surface area contributed by atoms with Gasteiger partial charge in [0.05, 0.1) is 18.8 Å². The molecule has 0 bridgehead atoms. The Bertz CT molecular complexity index is 756. The Kier molecular flexibility index (Phi) is 13.8. The van der Waals surface area contributed by atoms with Crippen molar-refractivity contribution in [3.05, 3.63) is 0 Å². The van der Waals surface area contributed by atoms with Crippen molar-refractivity contribution >= 4 is 35.6 Å². The van der Waals surface area contributed by atoms with Gasteiger partial charge in [-0.15, -0.1) is 0 Å². The Balaban J connectivity index is 5.20. The van der Waals surface area contributed by atoms with Crippen molar-refractivity contribution in [3.8, 4) is 0 Å². The van der Waals surface area contributed by atoms with E-state index in [0.717, 1.165) is 6.92 Å². The predicted molar refractivity (Wildman–Crippen MR) is 117 cm³/mol. The van der Waals surface area contributed by atoms with E-state index in [-0.39, 0.29) is 18.9 Å². The lowest BCUT2D eigenvalue weighted by Gasteiger charge is -2.25. The van der Waals surface area contributed by atoms with Crippen LogP contribution in [0.3, 0.4) is 0 Å². The largest absolute Gasteiger partial charge is 0.481 e. The van der Waals surface area contributed by atoms with Crippen molar-refractivity contribution < 1.29 is 44.4 Å². The minimum atomic E-state index is -1.72. The van der Waals surface area contributed by atoms with Gasteiger partial charge in [-0.1, -0.05) is 0 Å². The monoisotopic (exact) mass is 491 g/mol. The number of aliphatic hydroxyl groups excluding tert-OH is 2. The molecule has 0 aromatic heterocycles. The van der Waals surface area contributed by atoms with Crippen LogP contribution >= 0.6 is 0 Å². The minimum Gasteiger partial charge on any atom is -0.481 e. The SMILES string of the molecule is CC(O)C(NC(=O)C(CCC(=O)O)NC(=O)C(CO)NC(=O)C(N)CCCN=C(N)N)C(=O)O. The number of aliphatic hydroxyl groups is 2. The van der Waals surface area contributed by atoms with E-state index in [0.29, 0.717) is 6.42 Å². The first-order valence-corrected chi connectivity index (χ1v) is 10.3. The quantitative estimate of drug-likeness (QED) is 0.0552. The standard InChI is InChI=1S/C18H33N7O9/c1-8(27)13(17(33)34)25-15(31)10(4-5-12(28)29)23-16(32)11(7-26)24-14(30)9(19)3-2-6-22-18(20)21/h8-11,13,26-27H,2-7,19H2,1H3,(H,23,32)(H,24,30)(H,25,31)(H,28,29)(H,33,34)(H4,20,21,22). The third kappa shape index (κ3) is 11.9. The van der Waals surface area contributed by atoms with Gasteiger partial charge in [0.2, 0.25) is 17.7 Å². The average Bonchev–Trinajstić information content (AvgIpc) is 2.74. The molecule has 0 aliphatic heterocycles. The van der Waals surface area contributed by atoms with Crippen LogP contribution in [-0.2, 0) is 24.0 Å². The first-order chi connectivity index (χ1) is 15.8. The van der Waals surface area contributed by atoms with Gasteiger partial charge in [0.1, 0.15) is 12.1 Å². The Labute approximate surface area is 194 Å². The number of hydrogen-bond acceptors (Lipinski definition) is 9. The van der Waals surface area contributed by atoms with Crippen molar-refractivity contribution in [2.45, 2.75) is 62.9 Å². The molecule has 3 amide bonds. The number of amides is 3. The van der Waals surface area contributed by atoms with Crippen molar-refractivity contribution in [3.63, 3.8) is 0 Å². The zero-order valence-corrected chi connectivity index (χ0v) is 18.6. The lowest BCUT2D eigenvalue weighted by molar-refractivity contribution is -0.145. The molecule has 0 aromatic carbocycles. The second-order valence-electron chi connectivity index (χ2n) is 7.36. The van der Waals surface area contributed by atoms with Crippen LogP contribution in [0, 0.1) is 0 Å². The molecule has 0 rings (SSSR count). The normalized spacial score (nSPS) is 15.1. The van der Waals surface area contributed by atoms with E-state index in [2.05, 4.69) is 15.6 Å². The molecule has 0 radical (unpaired) electrons. The van der Waals surface area contributed by atoms with Crippen LogP contribution in [0.1, 0.15) is 32.6 Å². The predicted octanol–water partition coefficient (Wildman–Crippen LogP) is -4.86. The topological polar surface area (TPSA) is 293 Å². The molecule has 0 aliphatic rings. The molecule has 0 spiro atoms. The number of carbonyl (C=O) groups excluding carboxylic acids is 3. The number of aliphatic carboxylic acids is 2. The maximum atomic E-state index is 12.5. The molecule has 0 aromatic rings. The summed E-state index contributed by atoms with van der Waals surface area (Å²) in [6, 6.07) is -5.86. The second kappa shape index (κ2) is 15.4. The fourth-order valence-corrected chi connectivity index (χ4v) is 2.57. The summed E-state index contributed by atoms with van der Waals surface area (Å²) in [4.78, 5) is 63.0. The van der Waals surface area contributed by atoms with Gasteiger partial charge >= 0.3 is 11.9 Å². The van der Waals surface area contributed by atoms with Crippen LogP contribution in [0.4, 0.5) is 0 Å². The number of nitrogens with two attached hydrogens (primary N) is 3. The van der Waals surface area contributed by atoms with Gasteiger partial charge in [-0.25, -0.2) is 4.79 Å². The van der Waals surface area contributed by atoms with E-state index in [1.807, 2.05) is 5.32 Å². The lowest BCUT2D eigenvalue weighted by atomic mass is 10.1. The molecule has 0 saturated carbocycles. The molecule has 0 saturated heterocycles. The summed E-state index contributed by atoms with van der Waals surface area (Å²) in [5.74, 6) is -5.89. The molecule has 5 atom stereocenters. The number of carbonyl (C=O) groups is 5. The van der Waals surface area contributed by atoms with Crippen molar-refractivity contribution in [2.24, 2.45) is 22.2 Å². The van der Waals surface area contributed by atoms with E-state index in [4.69, 9.17) is 27.4 Å². The van der Waals surface area contributed by atoms with Crippen LogP contribution in [0.5, 0.6) is 0 Å². The highest BCUT2D eigenvalue weighted by Gasteiger charge is 2.31. The maximum absolute atomic E-state index is 12.5. The number of rotatable bonds is 16. The van der Waals surface area contributed by atoms with E-state index in [1.165, 1.54) is 0 Å². The number of hydrogen-bond donors (Lipinski definition) is 10. The third-order valence-electron chi connectivity index (χ3n) is 4.45. The van der Waals surface area contributed by atoms with E-state index >= 15 is 0 Å². The summed E-state index contributed by atoms with van der Waals surface area (Å²) in [6.07, 6.45) is -1.98. The zero-order chi connectivity index (χ0) is 26.4. The van der Waals surface area contributed by atoms with Crippen LogP contribution in [-0.4, -0.2) is 99.5 Å². The fourth-order valence-electron chi connectivity index (χ4n) is 2.57. The first-order valence-electron chi connectivity index (χ1n) is 10.3. The van der Waals surface area contributed by atoms with Gasteiger partial charge < -0.3 is 53.6 Å². The molecular weight excluding hydrogens is 458 g/mol. The molecular formula is C18H33N7O9. The maximum Gasteiger partial charge on any atom is 0.328 e. The van der Waals surface area contributed by atoms with Crippen LogP contribution < -0.4 is 33.2 Å². The van der Waals surface area contributed by atoms with Gasteiger partial charge in [-0.05, 0) is 26.2 Å². The lowest BCUT2D eigenvalue weighted by Crippen LogP contribution is -2.59. The Hall–Kier alpha value is -3.50.